The fraction of sp³-hybridized carbons (Fsp3) is 0.0870. The molecule has 1 amide bonds. The van der Waals surface area contributed by atoms with E-state index in [1.165, 1.54) is 19.2 Å². The van der Waals surface area contributed by atoms with Crippen LogP contribution in [-0.2, 0) is 11.2 Å². The van der Waals surface area contributed by atoms with E-state index < -0.39 is 0 Å². The van der Waals surface area contributed by atoms with Crippen LogP contribution in [0.3, 0.4) is 0 Å². The number of benzene rings is 2. The fourth-order valence-electron chi connectivity index (χ4n) is 3.08. The smallest absolute Gasteiger partial charge is 0.239 e. The molecule has 0 atom stereocenters. The van der Waals surface area contributed by atoms with Crippen LogP contribution in [0.15, 0.2) is 77.4 Å². The number of methoxy groups -OCH3 is 1. The summed E-state index contributed by atoms with van der Waals surface area (Å²) in [5, 5.41) is 6.93. The molecule has 0 spiro atoms. The summed E-state index contributed by atoms with van der Waals surface area (Å²) in [4.78, 5) is 16.7. The van der Waals surface area contributed by atoms with Crippen molar-refractivity contribution in [1.29, 1.82) is 0 Å². The quantitative estimate of drug-likeness (QED) is 0.504. The molecule has 2 aromatic heterocycles. The predicted octanol–water partition coefficient (Wildman–Crippen LogP) is 4.73. The van der Waals surface area contributed by atoms with Gasteiger partial charge >= 0.3 is 0 Å². The summed E-state index contributed by atoms with van der Waals surface area (Å²) in [7, 11) is 1.52. The number of rotatable bonds is 6. The maximum absolute atomic E-state index is 13.4. The maximum Gasteiger partial charge on any atom is 0.239 e. The lowest BCUT2D eigenvalue weighted by atomic mass is 10.0. The zero-order valence-corrected chi connectivity index (χ0v) is 16.1. The highest BCUT2D eigenvalue weighted by Gasteiger charge is 2.22. The largest absolute Gasteiger partial charge is 0.481 e. The van der Waals surface area contributed by atoms with Crippen molar-refractivity contribution in [3.63, 3.8) is 0 Å². The lowest BCUT2D eigenvalue weighted by Crippen LogP contribution is -2.14. The Morgan fingerprint density at radius 2 is 1.83 bits per heavy atom. The number of aromatic nitrogens is 2. The van der Waals surface area contributed by atoms with Gasteiger partial charge in [0.05, 0.1) is 19.1 Å². The summed E-state index contributed by atoms with van der Waals surface area (Å²) < 4.78 is 24.1. The molecular weight excluding hydrogens is 385 g/mol. The van der Waals surface area contributed by atoms with Crippen LogP contribution in [-0.4, -0.2) is 23.2 Å². The lowest BCUT2D eigenvalue weighted by Gasteiger charge is -2.08. The number of nitrogens with zero attached hydrogens (tertiary/aromatic N) is 2. The number of amides is 1. The Morgan fingerprint density at radius 3 is 2.57 bits per heavy atom. The molecular formula is C23H18FN3O3. The van der Waals surface area contributed by atoms with Gasteiger partial charge in [0.15, 0.2) is 0 Å². The van der Waals surface area contributed by atoms with Crippen LogP contribution in [0.5, 0.6) is 5.88 Å². The summed E-state index contributed by atoms with van der Waals surface area (Å²) in [5.41, 5.74) is 3.24. The average molecular weight is 403 g/mol. The third-order valence-electron chi connectivity index (χ3n) is 4.50. The zero-order valence-electron chi connectivity index (χ0n) is 16.1. The van der Waals surface area contributed by atoms with Crippen LogP contribution in [0.4, 0.5) is 10.3 Å². The van der Waals surface area contributed by atoms with Crippen molar-refractivity contribution < 1.29 is 18.4 Å². The van der Waals surface area contributed by atoms with Gasteiger partial charge in [0, 0.05) is 17.8 Å². The highest BCUT2D eigenvalue weighted by atomic mass is 19.1. The molecule has 2 heterocycles. The van der Waals surface area contributed by atoms with Gasteiger partial charge in [0.25, 0.3) is 0 Å². The third kappa shape index (κ3) is 4.20. The molecule has 0 saturated heterocycles. The third-order valence-corrected chi connectivity index (χ3v) is 4.50. The molecule has 4 rings (SSSR count). The van der Waals surface area contributed by atoms with E-state index in [9.17, 15) is 9.18 Å². The summed E-state index contributed by atoms with van der Waals surface area (Å²) in [5.74, 6) is -0.000123. The first-order chi connectivity index (χ1) is 14.6. The number of ether oxygens (including phenoxy) is 1. The van der Waals surface area contributed by atoms with Crippen LogP contribution in [0.25, 0.3) is 22.4 Å². The lowest BCUT2D eigenvalue weighted by molar-refractivity contribution is -0.115. The molecule has 30 heavy (non-hydrogen) atoms. The number of halogens is 1. The molecule has 2 aromatic carbocycles. The van der Waals surface area contributed by atoms with Gasteiger partial charge in [0.1, 0.15) is 11.5 Å². The van der Waals surface area contributed by atoms with Crippen molar-refractivity contribution in [3.8, 4) is 28.3 Å². The van der Waals surface area contributed by atoms with E-state index in [1.54, 1.807) is 30.5 Å². The second-order valence-electron chi connectivity index (χ2n) is 6.54. The van der Waals surface area contributed by atoms with E-state index in [1.807, 2.05) is 30.3 Å². The van der Waals surface area contributed by atoms with E-state index in [4.69, 9.17) is 9.26 Å². The summed E-state index contributed by atoms with van der Waals surface area (Å²) in [6.45, 7) is 0. The van der Waals surface area contributed by atoms with Crippen molar-refractivity contribution >= 4 is 11.8 Å². The first-order valence-electron chi connectivity index (χ1n) is 9.24. The van der Waals surface area contributed by atoms with Crippen molar-refractivity contribution in [2.45, 2.75) is 6.42 Å². The van der Waals surface area contributed by atoms with E-state index in [-0.39, 0.29) is 24.0 Å². The molecule has 7 heteroatoms. The molecule has 0 aliphatic heterocycles. The van der Waals surface area contributed by atoms with Crippen molar-refractivity contribution in [2.24, 2.45) is 0 Å². The van der Waals surface area contributed by atoms with Crippen LogP contribution < -0.4 is 10.1 Å². The van der Waals surface area contributed by atoms with E-state index in [0.29, 0.717) is 28.3 Å². The van der Waals surface area contributed by atoms with E-state index >= 15 is 0 Å². The Bertz CT molecular complexity index is 1160. The molecule has 150 valence electrons. The molecule has 4 aromatic rings. The van der Waals surface area contributed by atoms with Crippen molar-refractivity contribution in [2.75, 3.05) is 12.4 Å². The molecule has 0 unspecified atom stereocenters. The van der Waals surface area contributed by atoms with Gasteiger partial charge in [0.2, 0.25) is 17.7 Å². The Balaban J connectivity index is 1.72. The highest BCUT2D eigenvalue weighted by Crippen LogP contribution is 2.38. The number of anilines is 1. The molecule has 0 saturated carbocycles. The van der Waals surface area contributed by atoms with Gasteiger partial charge in [-0.2, -0.15) is 0 Å². The van der Waals surface area contributed by atoms with Crippen molar-refractivity contribution in [1.82, 2.24) is 10.1 Å². The summed E-state index contributed by atoms with van der Waals surface area (Å²) in [6.07, 6.45) is 1.78. The first kappa shape index (κ1) is 19.3. The number of hydrogen-bond donors (Lipinski definition) is 1. The summed E-state index contributed by atoms with van der Waals surface area (Å²) >= 11 is 0. The monoisotopic (exact) mass is 403 g/mol. The minimum atomic E-state index is -0.356. The van der Waals surface area contributed by atoms with Gasteiger partial charge in [-0.15, -0.1) is 0 Å². The van der Waals surface area contributed by atoms with Crippen molar-refractivity contribution in [3.05, 3.63) is 84.3 Å². The standard InChI is InChI=1S/C23H18FN3O3/c1-29-20-14-17(11-12-25-20)21-22(16-7-9-18(24)10-8-16)27-30-23(21)26-19(28)13-15-5-3-2-4-6-15/h2-12,14H,13H2,1H3,(H,26,28). The number of pyridine rings is 1. The minimum absolute atomic E-state index is 0.187. The number of carbonyl (C=O) groups is 1. The summed E-state index contributed by atoms with van der Waals surface area (Å²) in [6, 6.07) is 18.7. The molecule has 1 N–H and O–H groups in total. The molecule has 0 aliphatic carbocycles. The first-order valence-corrected chi connectivity index (χ1v) is 9.24. The second-order valence-corrected chi connectivity index (χ2v) is 6.54. The van der Waals surface area contributed by atoms with Gasteiger partial charge < -0.3 is 9.26 Å². The number of nitrogens with one attached hydrogen (secondary N) is 1. The Kier molecular flexibility index (Phi) is 5.52. The van der Waals surface area contributed by atoms with Gasteiger partial charge in [-0.05, 0) is 41.5 Å². The minimum Gasteiger partial charge on any atom is -0.481 e. The average Bonchev–Trinajstić information content (AvgIpc) is 3.18. The predicted molar refractivity (Wildman–Crippen MR) is 110 cm³/mol. The highest BCUT2D eigenvalue weighted by molar-refractivity contribution is 5.98. The second kappa shape index (κ2) is 8.57. The van der Waals surface area contributed by atoms with Gasteiger partial charge in [-0.3, -0.25) is 10.1 Å². The normalized spacial score (nSPS) is 10.6. The fourth-order valence-corrected chi connectivity index (χ4v) is 3.08. The Labute approximate surface area is 172 Å². The molecule has 0 bridgehead atoms. The van der Waals surface area contributed by atoms with Gasteiger partial charge in [-0.1, -0.05) is 35.5 Å². The molecule has 0 fully saturated rings. The Morgan fingerprint density at radius 1 is 1.07 bits per heavy atom. The molecule has 0 radical (unpaired) electrons. The van der Waals surface area contributed by atoms with E-state index in [2.05, 4.69) is 15.5 Å². The molecule has 0 aliphatic rings. The van der Waals surface area contributed by atoms with Crippen LogP contribution in [0.2, 0.25) is 0 Å². The van der Waals surface area contributed by atoms with Crippen LogP contribution in [0, 0.1) is 5.82 Å². The maximum atomic E-state index is 13.4. The Hall–Kier alpha value is -4.00. The topological polar surface area (TPSA) is 77.3 Å². The molecule has 6 nitrogen and oxygen atoms in total. The van der Waals surface area contributed by atoms with E-state index in [0.717, 1.165) is 5.56 Å². The van der Waals surface area contributed by atoms with Gasteiger partial charge in [-0.25, -0.2) is 9.37 Å². The SMILES string of the molecule is COc1cc(-c2c(-c3ccc(F)cc3)noc2NC(=O)Cc2ccccc2)ccn1. The number of carbonyl (C=O) groups excluding carboxylic acids is 1. The van der Waals surface area contributed by atoms with Crippen LogP contribution in [0.1, 0.15) is 5.56 Å². The number of hydrogen-bond acceptors (Lipinski definition) is 5. The van der Waals surface area contributed by atoms with Crippen LogP contribution >= 0.6 is 0 Å². The zero-order chi connectivity index (χ0) is 20.9.